The molecular formula is C21H26NO3ReY-. The minimum absolute atomic E-state index is 0. The number of ether oxygens (including phenoxy) is 1. The van der Waals surface area contributed by atoms with E-state index in [1.54, 1.807) is 0 Å². The minimum Gasteiger partial charge on any atom is -0.525 e. The van der Waals surface area contributed by atoms with Gasteiger partial charge in [0.1, 0.15) is 5.75 Å². The molecule has 0 spiro atoms. The number of carbonyl (C=O) groups is 1. The molecule has 1 N–H and O–H groups in total. The number of aryl methyl sites for hydroxylation is 3. The topological polar surface area (TPSA) is 49.8 Å². The van der Waals surface area contributed by atoms with Crippen LogP contribution in [0.3, 0.4) is 0 Å². The molecule has 144 valence electrons. The SMILES string of the molecule is [CH2-]N(CCCOc1c(C)cc(CCC(=O)O)cc1C)c1ccccc1.[Re].[Y]. The molecule has 0 saturated heterocycles. The van der Waals surface area contributed by atoms with Crippen LogP contribution >= 0.6 is 0 Å². The molecule has 0 aliphatic carbocycles. The normalized spacial score (nSPS) is 9.74. The van der Waals surface area contributed by atoms with Gasteiger partial charge in [0.05, 0.1) is 6.61 Å². The second kappa shape index (κ2) is 13.5. The van der Waals surface area contributed by atoms with Gasteiger partial charge in [-0.3, -0.25) is 11.8 Å². The van der Waals surface area contributed by atoms with E-state index in [0.29, 0.717) is 13.0 Å². The standard InChI is InChI=1S/C21H26NO3.Re.Y/c1-16-14-18(10-11-20(23)24)15-17(2)21(16)25-13-7-12-22(3)19-8-5-4-6-9-19;;/h4-6,8-9,14-15H,3,7,10-13H2,1-2H3,(H,23,24);;/q-1;;. The van der Waals surface area contributed by atoms with Crippen LogP contribution in [-0.4, -0.2) is 24.2 Å². The van der Waals surface area contributed by atoms with Gasteiger partial charge >= 0.3 is 5.97 Å². The van der Waals surface area contributed by atoms with Crippen molar-refractivity contribution in [3.05, 3.63) is 66.2 Å². The molecule has 0 aromatic heterocycles. The molecule has 0 heterocycles. The maximum atomic E-state index is 10.7. The van der Waals surface area contributed by atoms with E-state index in [2.05, 4.69) is 7.05 Å². The Hall–Kier alpha value is -0.724. The van der Waals surface area contributed by atoms with E-state index in [0.717, 1.165) is 41.1 Å². The third-order valence-electron chi connectivity index (χ3n) is 4.09. The van der Waals surface area contributed by atoms with Gasteiger partial charge in [-0.2, -0.15) is 0 Å². The van der Waals surface area contributed by atoms with Crippen LogP contribution in [0.25, 0.3) is 0 Å². The fourth-order valence-electron chi connectivity index (χ4n) is 2.86. The first-order chi connectivity index (χ1) is 12.0. The summed E-state index contributed by atoms with van der Waals surface area (Å²) in [6, 6.07) is 14.1. The van der Waals surface area contributed by atoms with Crippen molar-refractivity contribution < 1.29 is 67.8 Å². The number of benzene rings is 2. The third kappa shape index (κ3) is 8.88. The van der Waals surface area contributed by atoms with Crippen molar-refractivity contribution in [2.75, 3.05) is 18.1 Å². The maximum absolute atomic E-state index is 10.7. The number of aliphatic carboxylic acids is 1. The van der Waals surface area contributed by atoms with Gasteiger partial charge in [0.25, 0.3) is 0 Å². The summed E-state index contributed by atoms with van der Waals surface area (Å²) in [6.45, 7) is 5.45. The molecule has 0 amide bonds. The minimum atomic E-state index is -0.772. The van der Waals surface area contributed by atoms with E-state index in [9.17, 15) is 4.79 Å². The van der Waals surface area contributed by atoms with Crippen molar-refractivity contribution in [2.45, 2.75) is 33.1 Å². The van der Waals surface area contributed by atoms with E-state index in [1.165, 1.54) is 0 Å². The summed E-state index contributed by atoms with van der Waals surface area (Å²) >= 11 is 0. The molecule has 2 radical (unpaired) electrons. The predicted molar refractivity (Wildman–Crippen MR) is 101 cm³/mol. The van der Waals surface area contributed by atoms with Gasteiger partial charge in [0, 0.05) is 65.2 Å². The molecule has 2 aromatic rings. The number of anilines is 1. The van der Waals surface area contributed by atoms with Crippen molar-refractivity contribution in [2.24, 2.45) is 0 Å². The Bertz CT molecular complexity index is 687. The largest absolute Gasteiger partial charge is 0.525 e. The van der Waals surface area contributed by atoms with Gasteiger partial charge in [-0.05, 0) is 62.1 Å². The van der Waals surface area contributed by atoms with Gasteiger partial charge in [-0.1, -0.05) is 30.3 Å². The Kier molecular flexibility index (Phi) is 13.1. The van der Waals surface area contributed by atoms with Crippen molar-refractivity contribution in [1.29, 1.82) is 0 Å². The number of rotatable bonds is 9. The zero-order valence-corrected chi connectivity index (χ0v) is 21.5. The first kappa shape index (κ1) is 26.3. The molecule has 4 nitrogen and oxygen atoms in total. The number of carboxylic acids is 1. The zero-order valence-electron chi connectivity index (χ0n) is 16.0. The second-order valence-electron chi connectivity index (χ2n) is 6.25. The molecule has 0 fully saturated rings. The molecule has 0 saturated carbocycles. The van der Waals surface area contributed by atoms with E-state index < -0.39 is 5.97 Å². The van der Waals surface area contributed by atoms with Crippen LogP contribution in [-0.2, 0) is 64.3 Å². The Morgan fingerprint density at radius 1 is 1.15 bits per heavy atom. The van der Waals surface area contributed by atoms with Crippen LogP contribution in [0.5, 0.6) is 5.75 Å². The van der Waals surface area contributed by atoms with E-state index >= 15 is 0 Å². The fourth-order valence-corrected chi connectivity index (χ4v) is 2.86. The summed E-state index contributed by atoms with van der Waals surface area (Å²) in [6.07, 6.45) is 1.57. The predicted octanol–water partition coefficient (Wildman–Crippen LogP) is 4.38. The number of hydrogen-bond acceptors (Lipinski definition) is 3. The molecule has 6 heteroatoms. The molecule has 0 aliphatic rings. The number of carboxylic acid groups (broad SMARTS) is 1. The molecule has 2 rings (SSSR count). The Morgan fingerprint density at radius 2 is 1.74 bits per heavy atom. The van der Waals surface area contributed by atoms with Crippen LogP contribution < -0.4 is 9.64 Å². The zero-order chi connectivity index (χ0) is 18.2. The number of hydrogen-bond donors (Lipinski definition) is 1. The van der Waals surface area contributed by atoms with E-state index in [1.807, 2.05) is 61.2 Å². The maximum Gasteiger partial charge on any atom is 0.303 e. The van der Waals surface area contributed by atoms with E-state index in [4.69, 9.17) is 9.84 Å². The average Bonchev–Trinajstić information content (AvgIpc) is 2.59. The molecule has 0 aliphatic heterocycles. The third-order valence-corrected chi connectivity index (χ3v) is 4.09. The van der Waals surface area contributed by atoms with Crippen molar-refractivity contribution in [1.82, 2.24) is 0 Å². The summed E-state index contributed by atoms with van der Waals surface area (Å²) in [5, 5.41) is 8.80. The van der Waals surface area contributed by atoms with Gasteiger partial charge in [0.2, 0.25) is 0 Å². The molecule has 0 bridgehead atoms. The Morgan fingerprint density at radius 3 is 2.30 bits per heavy atom. The fraction of sp³-hybridized carbons (Fsp3) is 0.333. The first-order valence-electron chi connectivity index (χ1n) is 8.55. The van der Waals surface area contributed by atoms with Crippen molar-refractivity contribution in [3.63, 3.8) is 0 Å². The first-order valence-corrected chi connectivity index (χ1v) is 8.55. The van der Waals surface area contributed by atoms with Gasteiger partial charge < -0.3 is 14.7 Å². The summed E-state index contributed by atoms with van der Waals surface area (Å²) in [5.41, 5.74) is 4.24. The smallest absolute Gasteiger partial charge is 0.303 e. The number of nitrogens with zero attached hydrogens (tertiary/aromatic N) is 1. The Labute approximate surface area is 201 Å². The summed E-state index contributed by atoms with van der Waals surface area (Å²) in [4.78, 5) is 12.7. The van der Waals surface area contributed by atoms with Gasteiger partial charge in [-0.15, -0.1) is 0 Å². The quantitative estimate of drug-likeness (QED) is 0.336. The number of para-hydroxylation sites is 1. The van der Waals surface area contributed by atoms with Crippen LogP contribution in [0.2, 0.25) is 0 Å². The van der Waals surface area contributed by atoms with Gasteiger partial charge in [-0.25, -0.2) is 0 Å². The average molecular weight is 616 g/mol. The van der Waals surface area contributed by atoms with Crippen LogP contribution in [0.15, 0.2) is 42.5 Å². The summed E-state index contributed by atoms with van der Waals surface area (Å²) in [7, 11) is 4.06. The summed E-state index contributed by atoms with van der Waals surface area (Å²) < 4.78 is 5.96. The second-order valence-corrected chi connectivity index (χ2v) is 6.25. The van der Waals surface area contributed by atoms with Crippen molar-refractivity contribution in [3.8, 4) is 5.75 Å². The van der Waals surface area contributed by atoms with E-state index in [-0.39, 0.29) is 59.6 Å². The molecule has 0 unspecified atom stereocenters. The van der Waals surface area contributed by atoms with Gasteiger partial charge in [0.15, 0.2) is 0 Å². The molecule has 0 atom stereocenters. The van der Waals surface area contributed by atoms with Crippen molar-refractivity contribution >= 4 is 11.7 Å². The molecule has 27 heavy (non-hydrogen) atoms. The van der Waals surface area contributed by atoms with Crippen LogP contribution in [0.1, 0.15) is 29.5 Å². The van der Waals surface area contributed by atoms with Crippen LogP contribution in [0, 0.1) is 20.9 Å². The Balaban J connectivity index is 0.00000338. The van der Waals surface area contributed by atoms with Crippen LogP contribution in [0.4, 0.5) is 5.69 Å². The molecular weight excluding hydrogens is 589 g/mol. The summed E-state index contributed by atoms with van der Waals surface area (Å²) in [5.74, 6) is 0.126. The monoisotopic (exact) mass is 616 g/mol. The molecule has 2 aromatic carbocycles.